The summed E-state index contributed by atoms with van der Waals surface area (Å²) in [6.07, 6.45) is 0. The highest BCUT2D eigenvalue weighted by molar-refractivity contribution is 6.05. The van der Waals surface area contributed by atoms with Crippen LogP contribution in [-0.2, 0) is 13.2 Å². The summed E-state index contributed by atoms with van der Waals surface area (Å²) in [7, 11) is 1.54. The van der Waals surface area contributed by atoms with Gasteiger partial charge >= 0.3 is 0 Å². The number of hydrogen-bond acceptors (Lipinski definition) is 5. The topological polar surface area (TPSA) is 80.9 Å². The van der Waals surface area contributed by atoms with Gasteiger partial charge in [0.25, 0.3) is 5.91 Å². The maximum atomic E-state index is 12.9. The number of rotatable bonds is 8. The van der Waals surface area contributed by atoms with Crippen LogP contribution in [0.1, 0.15) is 21.7 Å². The van der Waals surface area contributed by atoms with Crippen LogP contribution in [0.4, 0.5) is 5.69 Å². The van der Waals surface area contributed by atoms with Crippen molar-refractivity contribution in [2.24, 2.45) is 0 Å². The fourth-order valence-electron chi connectivity index (χ4n) is 3.24. The lowest BCUT2D eigenvalue weighted by Gasteiger charge is -2.12. The van der Waals surface area contributed by atoms with Crippen molar-refractivity contribution in [3.8, 4) is 22.8 Å². The van der Waals surface area contributed by atoms with Gasteiger partial charge in [-0.1, -0.05) is 36.4 Å². The molecule has 4 rings (SSSR count). The molecule has 0 aliphatic rings. The molecule has 0 spiro atoms. The molecule has 4 aromatic rings. The largest absolute Gasteiger partial charge is 0.495 e. The summed E-state index contributed by atoms with van der Waals surface area (Å²) in [5.74, 6) is 1.89. The van der Waals surface area contributed by atoms with Crippen LogP contribution >= 0.6 is 0 Å². The summed E-state index contributed by atoms with van der Waals surface area (Å²) in [4.78, 5) is 12.9. The molecular weight excluding hydrogens is 406 g/mol. The van der Waals surface area contributed by atoms with Crippen LogP contribution in [0.25, 0.3) is 11.3 Å². The number of nitrogens with one attached hydrogen (secondary N) is 1. The van der Waals surface area contributed by atoms with Crippen molar-refractivity contribution in [2.75, 3.05) is 12.4 Å². The standard InChI is InChI=1S/C26H23NO5/c1-30-25-12-10-19(24-13-11-22(16-28)32-24)15-23(25)27-26(29)20-8-5-9-21(14-20)31-17-18-6-3-2-4-7-18/h2-15,28H,16-17H2,1H3,(H,27,29). The first kappa shape index (κ1) is 21.2. The van der Waals surface area contributed by atoms with Crippen molar-refractivity contribution >= 4 is 11.6 Å². The number of carbonyl (C=O) groups excluding carboxylic acids is 1. The van der Waals surface area contributed by atoms with E-state index in [0.717, 1.165) is 11.1 Å². The first-order valence-electron chi connectivity index (χ1n) is 10.1. The second kappa shape index (κ2) is 9.85. The number of aliphatic hydroxyl groups is 1. The van der Waals surface area contributed by atoms with E-state index in [9.17, 15) is 9.90 Å². The van der Waals surface area contributed by atoms with E-state index in [-0.39, 0.29) is 12.5 Å². The Balaban J connectivity index is 1.51. The van der Waals surface area contributed by atoms with Crippen molar-refractivity contribution in [2.45, 2.75) is 13.2 Å². The Labute approximate surface area is 186 Å². The van der Waals surface area contributed by atoms with Gasteiger partial charge in [-0.05, 0) is 54.1 Å². The second-order valence-corrected chi connectivity index (χ2v) is 7.10. The molecule has 0 aliphatic heterocycles. The number of aliphatic hydroxyl groups excluding tert-OH is 1. The molecule has 1 aromatic heterocycles. The first-order valence-corrected chi connectivity index (χ1v) is 10.1. The zero-order valence-corrected chi connectivity index (χ0v) is 17.6. The monoisotopic (exact) mass is 429 g/mol. The fourth-order valence-corrected chi connectivity index (χ4v) is 3.24. The van der Waals surface area contributed by atoms with Crippen molar-refractivity contribution in [1.82, 2.24) is 0 Å². The lowest BCUT2D eigenvalue weighted by atomic mass is 10.1. The van der Waals surface area contributed by atoms with Gasteiger partial charge in [-0.15, -0.1) is 0 Å². The fraction of sp³-hybridized carbons (Fsp3) is 0.115. The molecule has 32 heavy (non-hydrogen) atoms. The van der Waals surface area contributed by atoms with Crippen LogP contribution in [0.15, 0.2) is 89.3 Å². The Morgan fingerprint density at radius 3 is 2.56 bits per heavy atom. The van der Waals surface area contributed by atoms with E-state index in [2.05, 4.69) is 5.32 Å². The van der Waals surface area contributed by atoms with Crippen molar-refractivity contribution < 1.29 is 23.8 Å². The third-order valence-electron chi connectivity index (χ3n) is 4.89. The SMILES string of the molecule is COc1ccc(-c2ccc(CO)o2)cc1NC(=O)c1cccc(OCc2ccccc2)c1. The van der Waals surface area contributed by atoms with E-state index >= 15 is 0 Å². The molecule has 0 radical (unpaired) electrons. The number of carbonyl (C=O) groups is 1. The smallest absolute Gasteiger partial charge is 0.255 e. The minimum atomic E-state index is -0.291. The molecule has 0 fully saturated rings. The maximum Gasteiger partial charge on any atom is 0.255 e. The Morgan fingerprint density at radius 1 is 0.969 bits per heavy atom. The number of amides is 1. The summed E-state index contributed by atoms with van der Waals surface area (Å²) in [6, 6.07) is 25.7. The summed E-state index contributed by atoms with van der Waals surface area (Å²) in [5.41, 5.74) is 2.77. The molecule has 6 heteroatoms. The minimum Gasteiger partial charge on any atom is -0.495 e. The summed E-state index contributed by atoms with van der Waals surface area (Å²) in [5, 5.41) is 12.1. The lowest BCUT2D eigenvalue weighted by molar-refractivity contribution is 0.102. The van der Waals surface area contributed by atoms with Gasteiger partial charge in [-0.2, -0.15) is 0 Å². The van der Waals surface area contributed by atoms with Gasteiger partial charge in [-0.25, -0.2) is 0 Å². The zero-order chi connectivity index (χ0) is 22.3. The number of anilines is 1. The van der Waals surface area contributed by atoms with E-state index in [1.165, 1.54) is 0 Å². The molecule has 0 unspecified atom stereocenters. The first-order chi connectivity index (χ1) is 15.7. The van der Waals surface area contributed by atoms with Gasteiger partial charge in [0.1, 0.15) is 36.2 Å². The van der Waals surface area contributed by atoms with Gasteiger partial charge in [0, 0.05) is 11.1 Å². The van der Waals surface area contributed by atoms with Gasteiger partial charge in [0.15, 0.2) is 0 Å². The molecule has 162 valence electrons. The molecule has 6 nitrogen and oxygen atoms in total. The summed E-state index contributed by atoms with van der Waals surface area (Å²) >= 11 is 0. The van der Waals surface area contributed by atoms with Crippen LogP contribution in [-0.4, -0.2) is 18.1 Å². The van der Waals surface area contributed by atoms with Crippen molar-refractivity contribution in [3.63, 3.8) is 0 Å². The van der Waals surface area contributed by atoms with E-state index in [1.807, 2.05) is 42.5 Å². The lowest BCUT2D eigenvalue weighted by Crippen LogP contribution is -2.13. The Kier molecular flexibility index (Phi) is 6.53. The number of methoxy groups -OCH3 is 1. The van der Waals surface area contributed by atoms with E-state index < -0.39 is 0 Å². The number of hydrogen-bond donors (Lipinski definition) is 2. The summed E-state index contributed by atoms with van der Waals surface area (Å²) in [6.45, 7) is 0.239. The molecule has 1 amide bonds. The van der Waals surface area contributed by atoms with Gasteiger partial charge in [0.2, 0.25) is 0 Å². The molecule has 2 N–H and O–H groups in total. The van der Waals surface area contributed by atoms with E-state index in [4.69, 9.17) is 13.9 Å². The van der Waals surface area contributed by atoms with Gasteiger partial charge < -0.3 is 24.3 Å². The molecule has 0 bridgehead atoms. The average molecular weight is 429 g/mol. The summed E-state index contributed by atoms with van der Waals surface area (Å²) < 4.78 is 16.8. The van der Waals surface area contributed by atoms with Crippen LogP contribution < -0.4 is 14.8 Å². The molecule has 1 heterocycles. The molecular formula is C26H23NO5. The predicted molar refractivity (Wildman–Crippen MR) is 122 cm³/mol. The van der Waals surface area contributed by atoms with Crippen LogP contribution in [0, 0.1) is 0 Å². The molecule has 0 saturated heterocycles. The van der Waals surface area contributed by atoms with Crippen molar-refractivity contribution in [3.05, 3.63) is 102 Å². The van der Waals surface area contributed by atoms with Gasteiger partial charge in [0.05, 0.1) is 12.8 Å². The van der Waals surface area contributed by atoms with Crippen LogP contribution in [0.3, 0.4) is 0 Å². The minimum absolute atomic E-state index is 0.178. The van der Waals surface area contributed by atoms with E-state index in [1.54, 1.807) is 49.6 Å². The van der Waals surface area contributed by atoms with Gasteiger partial charge in [-0.3, -0.25) is 4.79 Å². The number of furan rings is 1. The van der Waals surface area contributed by atoms with Crippen LogP contribution in [0.5, 0.6) is 11.5 Å². The third-order valence-corrected chi connectivity index (χ3v) is 4.89. The van der Waals surface area contributed by atoms with Crippen LogP contribution in [0.2, 0.25) is 0 Å². The highest BCUT2D eigenvalue weighted by Gasteiger charge is 2.14. The average Bonchev–Trinajstić information content (AvgIpc) is 3.33. The van der Waals surface area contributed by atoms with E-state index in [0.29, 0.717) is 40.9 Å². The molecule has 3 aromatic carbocycles. The molecule has 0 aliphatic carbocycles. The zero-order valence-electron chi connectivity index (χ0n) is 17.6. The van der Waals surface area contributed by atoms with Crippen molar-refractivity contribution in [1.29, 1.82) is 0 Å². The Morgan fingerprint density at radius 2 is 1.81 bits per heavy atom. The highest BCUT2D eigenvalue weighted by atomic mass is 16.5. The third kappa shape index (κ3) is 4.99. The Bertz CT molecular complexity index is 1200. The highest BCUT2D eigenvalue weighted by Crippen LogP contribution is 2.32. The normalized spacial score (nSPS) is 10.6. The molecule has 0 saturated carbocycles. The number of ether oxygens (including phenoxy) is 2. The second-order valence-electron chi connectivity index (χ2n) is 7.10. The Hall–Kier alpha value is -4.03. The predicted octanol–water partition coefficient (Wildman–Crippen LogP) is 5.28. The number of benzene rings is 3. The molecule has 0 atom stereocenters. The maximum absolute atomic E-state index is 12.9. The quantitative estimate of drug-likeness (QED) is 0.398.